The molecule has 3 rings (SSSR count). The molecule has 1 aromatic heterocycles. The molecule has 0 radical (unpaired) electrons. The Labute approximate surface area is 147 Å². The molecule has 2 unspecified atom stereocenters. The number of rotatable bonds is 3. The van der Waals surface area contributed by atoms with Crippen molar-refractivity contribution in [3.8, 4) is 11.5 Å². The number of hydrogen-bond donors (Lipinski definition) is 2. The number of benzene rings is 1. The van der Waals surface area contributed by atoms with Crippen LogP contribution in [0.3, 0.4) is 0 Å². The first-order valence-corrected chi connectivity index (χ1v) is 8.71. The first-order valence-electron chi connectivity index (χ1n) is 8.71. The van der Waals surface area contributed by atoms with E-state index in [-0.39, 0.29) is 18.7 Å². The summed E-state index contributed by atoms with van der Waals surface area (Å²) in [5.74, 6) is 0.847. The molecule has 1 fully saturated rings. The molecule has 1 aliphatic rings. The van der Waals surface area contributed by atoms with E-state index in [1.54, 1.807) is 11.2 Å². The molecule has 0 saturated carbocycles. The minimum Gasteiger partial charge on any atom is -0.444 e. The zero-order valence-corrected chi connectivity index (χ0v) is 15.0. The Morgan fingerprint density at radius 2 is 2.24 bits per heavy atom. The van der Waals surface area contributed by atoms with Crippen LogP contribution in [0.25, 0.3) is 11.5 Å². The smallest absolute Gasteiger partial charge is 0.322 e. The van der Waals surface area contributed by atoms with Crippen molar-refractivity contribution in [1.29, 1.82) is 0 Å². The van der Waals surface area contributed by atoms with E-state index < -0.39 is 0 Å². The molecular formula is C19H25N3O3. The zero-order valence-electron chi connectivity index (χ0n) is 15.0. The number of aromatic nitrogens is 1. The summed E-state index contributed by atoms with van der Waals surface area (Å²) in [6, 6.07) is 5.37. The molecule has 2 N–H and O–H groups in total. The molecule has 6 heteroatoms. The minimum absolute atomic E-state index is 0.0106. The van der Waals surface area contributed by atoms with Crippen LogP contribution in [0.1, 0.15) is 31.0 Å². The third-order valence-corrected chi connectivity index (χ3v) is 4.90. The SMILES string of the molecule is Cc1coc(-c2cc(NC(=O)N3CCCC(C)C3CO)ccc2C)n1. The van der Waals surface area contributed by atoms with Crippen molar-refractivity contribution >= 4 is 11.7 Å². The molecule has 6 nitrogen and oxygen atoms in total. The van der Waals surface area contributed by atoms with Gasteiger partial charge in [-0.1, -0.05) is 13.0 Å². The molecule has 0 bridgehead atoms. The Balaban J connectivity index is 1.79. The lowest BCUT2D eigenvalue weighted by atomic mass is 9.91. The van der Waals surface area contributed by atoms with Gasteiger partial charge in [0.1, 0.15) is 6.26 Å². The number of amides is 2. The van der Waals surface area contributed by atoms with Crippen LogP contribution in [0.2, 0.25) is 0 Å². The van der Waals surface area contributed by atoms with E-state index in [0.29, 0.717) is 24.0 Å². The Bertz CT molecular complexity index is 756. The maximum Gasteiger partial charge on any atom is 0.322 e. The fraction of sp³-hybridized carbons (Fsp3) is 0.474. The molecule has 25 heavy (non-hydrogen) atoms. The number of anilines is 1. The fourth-order valence-corrected chi connectivity index (χ4v) is 3.38. The lowest BCUT2D eigenvalue weighted by Crippen LogP contribution is -2.51. The van der Waals surface area contributed by atoms with Gasteiger partial charge in [0.05, 0.1) is 18.3 Å². The Morgan fingerprint density at radius 3 is 2.92 bits per heavy atom. The third-order valence-electron chi connectivity index (χ3n) is 4.90. The maximum absolute atomic E-state index is 12.7. The topological polar surface area (TPSA) is 78.6 Å². The van der Waals surface area contributed by atoms with Crippen molar-refractivity contribution in [2.45, 2.75) is 39.7 Å². The third kappa shape index (κ3) is 3.69. The van der Waals surface area contributed by atoms with E-state index in [4.69, 9.17) is 4.42 Å². The van der Waals surface area contributed by atoms with Crippen LogP contribution in [0.4, 0.5) is 10.5 Å². The van der Waals surface area contributed by atoms with Crippen LogP contribution in [-0.4, -0.2) is 40.2 Å². The Morgan fingerprint density at radius 1 is 1.44 bits per heavy atom. The van der Waals surface area contributed by atoms with Gasteiger partial charge in [-0.25, -0.2) is 9.78 Å². The molecular weight excluding hydrogens is 318 g/mol. The summed E-state index contributed by atoms with van der Waals surface area (Å²) >= 11 is 0. The van der Waals surface area contributed by atoms with Crippen molar-refractivity contribution in [3.63, 3.8) is 0 Å². The van der Waals surface area contributed by atoms with Gasteiger partial charge in [0, 0.05) is 17.8 Å². The van der Waals surface area contributed by atoms with Crippen LogP contribution in [0, 0.1) is 19.8 Å². The maximum atomic E-state index is 12.7. The number of hydrogen-bond acceptors (Lipinski definition) is 4. The highest BCUT2D eigenvalue weighted by Crippen LogP contribution is 2.27. The molecule has 2 heterocycles. The fourth-order valence-electron chi connectivity index (χ4n) is 3.38. The van der Waals surface area contributed by atoms with E-state index in [0.717, 1.165) is 29.7 Å². The molecule has 1 aliphatic heterocycles. The number of oxazole rings is 1. The number of piperidine rings is 1. The summed E-state index contributed by atoms with van der Waals surface area (Å²) in [5, 5.41) is 12.6. The largest absolute Gasteiger partial charge is 0.444 e. The summed E-state index contributed by atoms with van der Waals surface area (Å²) in [6.07, 6.45) is 3.61. The molecule has 2 aromatic rings. The van der Waals surface area contributed by atoms with Gasteiger partial charge < -0.3 is 19.7 Å². The monoisotopic (exact) mass is 343 g/mol. The number of carbonyl (C=O) groups is 1. The second kappa shape index (κ2) is 7.27. The first kappa shape index (κ1) is 17.5. The number of urea groups is 1. The summed E-state index contributed by atoms with van der Waals surface area (Å²) in [4.78, 5) is 18.8. The lowest BCUT2D eigenvalue weighted by molar-refractivity contribution is 0.0811. The Hall–Kier alpha value is -2.34. The molecule has 1 saturated heterocycles. The summed E-state index contributed by atoms with van der Waals surface area (Å²) in [7, 11) is 0. The normalized spacial score (nSPS) is 20.6. The van der Waals surface area contributed by atoms with E-state index in [1.165, 1.54) is 0 Å². The highest BCUT2D eigenvalue weighted by atomic mass is 16.3. The van der Waals surface area contributed by atoms with Crippen molar-refractivity contribution < 1.29 is 14.3 Å². The quantitative estimate of drug-likeness (QED) is 0.893. The molecule has 2 atom stereocenters. The zero-order chi connectivity index (χ0) is 18.0. The minimum atomic E-state index is -0.177. The highest BCUT2D eigenvalue weighted by Gasteiger charge is 2.31. The highest BCUT2D eigenvalue weighted by molar-refractivity contribution is 5.90. The standard InChI is InChI=1S/C19H25N3O3/c1-12-6-7-15(9-16(12)18-20-14(3)11-25-18)21-19(24)22-8-4-5-13(2)17(22)10-23/h6-7,9,11,13,17,23H,4-5,8,10H2,1-3H3,(H,21,24). The summed E-state index contributed by atoms with van der Waals surface area (Å²) < 4.78 is 5.49. The van der Waals surface area contributed by atoms with Gasteiger partial charge in [0.15, 0.2) is 0 Å². The lowest BCUT2D eigenvalue weighted by Gasteiger charge is -2.38. The van der Waals surface area contributed by atoms with Gasteiger partial charge >= 0.3 is 6.03 Å². The summed E-state index contributed by atoms with van der Waals surface area (Å²) in [5.41, 5.74) is 3.39. The van der Waals surface area contributed by atoms with E-state index >= 15 is 0 Å². The second-order valence-corrected chi connectivity index (χ2v) is 6.82. The summed E-state index contributed by atoms with van der Waals surface area (Å²) in [6.45, 7) is 6.59. The van der Waals surface area contributed by atoms with Gasteiger partial charge in [-0.3, -0.25) is 0 Å². The van der Waals surface area contributed by atoms with E-state index in [1.807, 2.05) is 32.0 Å². The number of carbonyl (C=O) groups excluding carboxylic acids is 1. The van der Waals surface area contributed by atoms with Gasteiger partial charge in [-0.2, -0.15) is 0 Å². The molecule has 2 amide bonds. The number of aliphatic hydroxyl groups is 1. The van der Waals surface area contributed by atoms with Crippen LogP contribution in [-0.2, 0) is 0 Å². The predicted molar refractivity (Wildman–Crippen MR) is 96.4 cm³/mol. The molecule has 0 aliphatic carbocycles. The van der Waals surface area contributed by atoms with E-state index in [2.05, 4.69) is 17.2 Å². The van der Waals surface area contributed by atoms with Crippen LogP contribution < -0.4 is 5.32 Å². The number of likely N-dealkylation sites (tertiary alicyclic amines) is 1. The molecule has 0 spiro atoms. The van der Waals surface area contributed by atoms with Gasteiger partial charge in [-0.05, 0) is 50.3 Å². The van der Waals surface area contributed by atoms with Crippen molar-refractivity contribution in [2.75, 3.05) is 18.5 Å². The van der Waals surface area contributed by atoms with Gasteiger partial charge in [0.2, 0.25) is 5.89 Å². The van der Waals surface area contributed by atoms with Gasteiger partial charge in [0.25, 0.3) is 0 Å². The second-order valence-electron chi connectivity index (χ2n) is 6.82. The molecule has 1 aromatic carbocycles. The number of nitrogens with zero attached hydrogens (tertiary/aromatic N) is 2. The van der Waals surface area contributed by atoms with Crippen molar-refractivity contribution in [2.24, 2.45) is 5.92 Å². The molecule has 134 valence electrons. The Kier molecular flexibility index (Phi) is 5.08. The number of aliphatic hydroxyl groups excluding tert-OH is 1. The number of nitrogens with one attached hydrogen (secondary N) is 1. The van der Waals surface area contributed by atoms with Crippen molar-refractivity contribution in [1.82, 2.24) is 9.88 Å². The van der Waals surface area contributed by atoms with Crippen LogP contribution in [0.5, 0.6) is 0 Å². The average Bonchev–Trinajstić information content (AvgIpc) is 3.02. The first-order chi connectivity index (χ1) is 12.0. The van der Waals surface area contributed by atoms with Gasteiger partial charge in [-0.15, -0.1) is 0 Å². The number of aryl methyl sites for hydroxylation is 2. The van der Waals surface area contributed by atoms with Crippen molar-refractivity contribution in [3.05, 3.63) is 35.7 Å². The predicted octanol–water partition coefficient (Wildman–Crippen LogP) is 3.58. The van der Waals surface area contributed by atoms with Crippen LogP contribution >= 0.6 is 0 Å². The average molecular weight is 343 g/mol. The van der Waals surface area contributed by atoms with E-state index in [9.17, 15) is 9.90 Å². The van der Waals surface area contributed by atoms with Crippen LogP contribution in [0.15, 0.2) is 28.9 Å².